The molecule has 0 aliphatic carbocycles. The van der Waals surface area contributed by atoms with E-state index in [-0.39, 0.29) is 11.2 Å². The Morgan fingerprint density at radius 3 is 2.40 bits per heavy atom. The van der Waals surface area contributed by atoms with Gasteiger partial charge in [0, 0.05) is 51.3 Å². The average molecular weight is 434 g/mol. The van der Waals surface area contributed by atoms with E-state index in [0.29, 0.717) is 31.9 Å². The number of benzene rings is 1. The van der Waals surface area contributed by atoms with E-state index in [2.05, 4.69) is 65.4 Å². The molecule has 164 valence electrons. The second-order valence-electron chi connectivity index (χ2n) is 8.28. The zero-order valence-corrected chi connectivity index (χ0v) is 18.9. The van der Waals surface area contributed by atoms with Crippen molar-refractivity contribution in [2.45, 2.75) is 31.9 Å². The lowest BCUT2D eigenvalue weighted by molar-refractivity contribution is 0.258. The minimum Gasteiger partial charge on any atom is -0.364 e. The highest BCUT2D eigenvalue weighted by atomic mass is 32.2. The fourth-order valence-electron chi connectivity index (χ4n) is 3.51. The van der Waals surface area contributed by atoms with Crippen LogP contribution in [0, 0.1) is 6.92 Å². The van der Waals surface area contributed by atoms with Gasteiger partial charge in [0.1, 0.15) is 12.0 Å². The van der Waals surface area contributed by atoms with Gasteiger partial charge in [-0.25, -0.2) is 8.42 Å². The van der Waals surface area contributed by atoms with E-state index in [1.807, 2.05) is 0 Å². The third-order valence-corrected chi connectivity index (χ3v) is 7.30. The summed E-state index contributed by atoms with van der Waals surface area (Å²) in [5.41, 5.74) is 2.87. The summed E-state index contributed by atoms with van der Waals surface area (Å²) < 4.78 is 31.5. The maximum Gasteiger partial charge on any atom is 0.220 e. The molecule has 0 atom stereocenters. The van der Waals surface area contributed by atoms with E-state index in [4.69, 9.17) is 4.52 Å². The molecular formula is C21H31N5O3S. The second-order valence-corrected chi connectivity index (χ2v) is 10.3. The lowest BCUT2D eigenvalue weighted by atomic mass is 9.84. The van der Waals surface area contributed by atoms with Gasteiger partial charge in [0.25, 0.3) is 0 Å². The Kier molecular flexibility index (Phi) is 6.82. The van der Waals surface area contributed by atoms with Gasteiger partial charge in [-0.1, -0.05) is 48.8 Å². The van der Waals surface area contributed by atoms with Crippen molar-refractivity contribution in [1.82, 2.24) is 19.7 Å². The molecule has 1 aromatic carbocycles. The Bertz CT molecular complexity index is 945. The molecule has 0 unspecified atom stereocenters. The van der Waals surface area contributed by atoms with E-state index in [0.717, 1.165) is 12.5 Å². The zero-order chi connectivity index (χ0) is 21.8. The number of guanidine groups is 1. The summed E-state index contributed by atoms with van der Waals surface area (Å²) in [7, 11) is -1.65. The number of sulfonamides is 1. The molecule has 30 heavy (non-hydrogen) atoms. The number of nitrogens with one attached hydrogen (secondary N) is 1. The number of nitrogens with zero attached hydrogens (tertiary/aromatic N) is 4. The highest BCUT2D eigenvalue weighted by molar-refractivity contribution is 7.88. The Hall–Kier alpha value is -2.39. The average Bonchev–Trinajstić information content (AvgIpc) is 3.21. The predicted octanol–water partition coefficient (Wildman–Crippen LogP) is 1.98. The van der Waals surface area contributed by atoms with Gasteiger partial charge in [-0.15, -0.1) is 0 Å². The maximum atomic E-state index is 12.6. The highest BCUT2D eigenvalue weighted by Gasteiger charge is 2.29. The zero-order valence-electron chi connectivity index (χ0n) is 18.1. The van der Waals surface area contributed by atoms with Gasteiger partial charge < -0.3 is 14.7 Å². The molecule has 1 aromatic heterocycles. The number of aliphatic imine (C=N–C) groups is 1. The summed E-state index contributed by atoms with van der Waals surface area (Å²) in [5.74, 6) is 0.657. The fraction of sp³-hybridized carbons (Fsp3) is 0.524. The quantitative estimate of drug-likeness (QED) is 0.553. The molecule has 0 spiro atoms. The summed E-state index contributed by atoms with van der Waals surface area (Å²) in [6.07, 6.45) is 1.39. The number of aryl methyl sites for hydroxylation is 1. The molecule has 0 bridgehead atoms. The third kappa shape index (κ3) is 5.40. The van der Waals surface area contributed by atoms with Gasteiger partial charge in [-0.2, -0.15) is 4.31 Å². The molecule has 0 radical (unpaired) electrons. The first-order valence-corrected chi connectivity index (χ1v) is 11.7. The van der Waals surface area contributed by atoms with Crippen molar-refractivity contribution in [3.05, 3.63) is 53.4 Å². The third-order valence-electron chi connectivity index (χ3n) is 5.49. The molecule has 0 amide bonds. The molecule has 1 aliphatic rings. The van der Waals surface area contributed by atoms with Crippen molar-refractivity contribution in [2.75, 3.05) is 39.8 Å². The summed E-state index contributed by atoms with van der Waals surface area (Å²) in [6, 6.07) is 10.2. The van der Waals surface area contributed by atoms with Crippen LogP contribution in [-0.4, -0.2) is 68.5 Å². The van der Waals surface area contributed by atoms with Crippen LogP contribution in [0.5, 0.6) is 0 Å². The van der Waals surface area contributed by atoms with Crippen molar-refractivity contribution in [2.24, 2.45) is 4.99 Å². The molecule has 2 aromatic rings. The summed E-state index contributed by atoms with van der Waals surface area (Å²) in [5, 5.41) is 7.18. The topological polar surface area (TPSA) is 91.0 Å². The minimum atomic E-state index is -3.41. The van der Waals surface area contributed by atoms with Gasteiger partial charge >= 0.3 is 0 Å². The van der Waals surface area contributed by atoms with Crippen LogP contribution in [0.15, 0.2) is 46.1 Å². The lowest BCUT2D eigenvalue weighted by Crippen LogP contribution is -2.55. The van der Waals surface area contributed by atoms with Crippen LogP contribution in [0.25, 0.3) is 0 Å². The number of hydrogen-bond donors (Lipinski definition) is 1. The molecule has 8 nitrogen and oxygen atoms in total. The second kappa shape index (κ2) is 9.18. The first-order chi connectivity index (χ1) is 14.2. The number of rotatable bonds is 6. The number of aromatic nitrogens is 1. The minimum absolute atomic E-state index is 0.0631. The molecule has 1 saturated heterocycles. The molecule has 9 heteroatoms. The Balaban J connectivity index is 1.55. The Morgan fingerprint density at radius 2 is 1.83 bits per heavy atom. The first kappa shape index (κ1) is 22.3. The molecule has 3 rings (SSSR count). The van der Waals surface area contributed by atoms with Crippen molar-refractivity contribution in [3.63, 3.8) is 0 Å². The summed E-state index contributed by atoms with van der Waals surface area (Å²) in [6.45, 7) is 9.23. The largest absolute Gasteiger partial charge is 0.364 e. The van der Waals surface area contributed by atoms with Gasteiger partial charge in [0.15, 0.2) is 5.96 Å². The van der Waals surface area contributed by atoms with Crippen LogP contribution in [0.4, 0.5) is 0 Å². The SMILES string of the molecule is CN=C(NCC(C)(C)c1ccc(C)cc1)N1CCN(S(=O)(=O)Cc2ccon2)CC1. The summed E-state index contributed by atoms with van der Waals surface area (Å²) in [4.78, 5) is 6.52. The van der Waals surface area contributed by atoms with Crippen molar-refractivity contribution < 1.29 is 12.9 Å². The van der Waals surface area contributed by atoms with Gasteiger partial charge in [-0.3, -0.25) is 4.99 Å². The van der Waals surface area contributed by atoms with Crippen molar-refractivity contribution in [3.8, 4) is 0 Å². The predicted molar refractivity (Wildman–Crippen MR) is 118 cm³/mol. The maximum absolute atomic E-state index is 12.6. The molecule has 1 N–H and O–H groups in total. The molecule has 2 heterocycles. The number of piperazine rings is 1. The van der Waals surface area contributed by atoms with Crippen LogP contribution in [-0.2, 0) is 21.2 Å². The van der Waals surface area contributed by atoms with Gasteiger partial charge in [-0.05, 0) is 12.5 Å². The van der Waals surface area contributed by atoms with Crippen molar-refractivity contribution >= 4 is 16.0 Å². The molecular weight excluding hydrogens is 402 g/mol. The van der Waals surface area contributed by atoms with E-state index in [9.17, 15) is 8.42 Å². The van der Waals surface area contributed by atoms with E-state index < -0.39 is 10.0 Å². The van der Waals surface area contributed by atoms with E-state index in [1.54, 1.807) is 13.1 Å². The van der Waals surface area contributed by atoms with Gasteiger partial charge in [0.05, 0.1) is 5.69 Å². The molecule has 0 saturated carbocycles. The van der Waals surface area contributed by atoms with Crippen LogP contribution >= 0.6 is 0 Å². The lowest BCUT2D eigenvalue weighted by Gasteiger charge is -2.37. The first-order valence-electron chi connectivity index (χ1n) is 10.1. The van der Waals surface area contributed by atoms with Gasteiger partial charge in [0.2, 0.25) is 10.0 Å². The normalized spacial score (nSPS) is 16.7. The number of hydrogen-bond acceptors (Lipinski definition) is 5. The summed E-state index contributed by atoms with van der Waals surface area (Å²) >= 11 is 0. The van der Waals surface area contributed by atoms with Crippen LogP contribution < -0.4 is 5.32 Å². The van der Waals surface area contributed by atoms with E-state index >= 15 is 0 Å². The van der Waals surface area contributed by atoms with Crippen LogP contribution in [0.3, 0.4) is 0 Å². The van der Waals surface area contributed by atoms with Crippen molar-refractivity contribution in [1.29, 1.82) is 0 Å². The van der Waals surface area contributed by atoms with Crippen LogP contribution in [0.1, 0.15) is 30.7 Å². The highest BCUT2D eigenvalue weighted by Crippen LogP contribution is 2.23. The monoisotopic (exact) mass is 433 g/mol. The molecule has 1 aliphatic heterocycles. The van der Waals surface area contributed by atoms with E-state index in [1.165, 1.54) is 21.7 Å². The fourth-order valence-corrected chi connectivity index (χ4v) is 4.93. The standard InChI is InChI=1S/C21H31N5O3S/c1-17-5-7-18(8-6-17)21(2,3)16-23-20(22-4)25-10-12-26(13-11-25)30(27,28)15-19-9-14-29-24-19/h5-9,14H,10-13,15-16H2,1-4H3,(H,22,23). The molecule has 1 fully saturated rings. The Labute approximate surface area is 179 Å². The smallest absolute Gasteiger partial charge is 0.220 e. The van der Waals surface area contributed by atoms with Crippen LogP contribution in [0.2, 0.25) is 0 Å². The Morgan fingerprint density at radius 1 is 1.17 bits per heavy atom.